The van der Waals surface area contributed by atoms with Gasteiger partial charge in [0.15, 0.2) is 0 Å². The van der Waals surface area contributed by atoms with Crippen LogP contribution in [-0.2, 0) is 22.9 Å². The number of sulfonamides is 1. The summed E-state index contributed by atoms with van der Waals surface area (Å²) >= 11 is 0. The second-order valence-electron chi connectivity index (χ2n) is 8.03. The molecule has 32 heavy (non-hydrogen) atoms. The number of benzene rings is 2. The summed E-state index contributed by atoms with van der Waals surface area (Å²) in [5.41, 5.74) is 4.50. The van der Waals surface area contributed by atoms with Gasteiger partial charge >= 0.3 is 0 Å². The van der Waals surface area contributed by atoms with Gasteiger partial charge in [-0.2, -0.15) is 4.31 Å². The maximum Gasteiger partial charge on any atom is 0.245 e. The van der Waals surface area contributed by atoms with Crippen LogP contribution in [0.4, 0.5) is 0 Å². The van der Waals surface area contributed by atoms with Crippen LogP contribution in [0.2, 0.25) is 0 Å². The average molecular weight is 448 g/mol. The molecule has 2 aromatic heterocycles. The summed E-state index contributed by atoms with van der Waals surface area (Å²) in [6.07, 6.45) is 7.16. The van der Waals surface area contributed by atoms with E-state index in [9.17, 15) is 8.42 Å². The van der Waals surface area contributed by atoms with Gasteiger partial charge in [-0.25, -0.2) is 8.42 Å². The van der Waals surface area contributed by atoms with Gasteiger partial charge in [-0.3, -0.25) is 4.98 Å². The quantitative estimate of drug-likeness (QED) is 0.472. The molecule has 0 saturated carbocycles. The van der Waals surface area contributed by atoms with Crippen LogP contribution >= 0.6 is 0 Å². The van der Waals surface area contributed by atoms with Gasteiger partial charge in [-0.15, -0.1) is 0 Å². The molecule has 1 atom stereocenters. The molecule has 164 valence electrons. The molecule has 4 aromatic rings. The lowest BCUT2D eigenvalue weighted by molar-refractivity contribution is 0.294. The van der Waals surface area contributed by atoms with Gasteiger partial charge in [0.25, 0.3) is 0 Å². The molecule has 0 bridgehead atoms. The summed E-state index contributed by atoms with van der Waals surface area (Å²) in [6.45, 7) is 0.459. The first-order valence-electron chi connectivity index (χ1n) is 10.7. The third-order valence-electron chi connectivity index (χ3n) is 6.27. The fraction of sp³-hybridized carbons (Fsp3) is 0.240. The van der Waals surface area contributed by atoms with Crippen LogP contribution in [0, 0.1) is 0 Å². The summed E-state index contributed by atoms with van der Waals surface area (Å²) in [5, 5.41) is 1.11. The van der Waals surface area contributed by atoms with Crippen LogP contribution in [0.5, 0.6) is 5.75 Å². The number of hydrogen-bond donors (Lipinski definition) is 1. The van der Waals surface area contributed by atoms with Crippen molar-refractivity contribution in [2.45, 2.75) is 30.2 Å². The molecular formula is C25H25N3O3S. The standard InChI is InChI=1S/C25H25N3O3S/c1-31-20-9-10-24-23(15-20)19(16-27-24)8-11-25-22-7-3-2-5-18(22)12-14-28(25)32(29,30)21-6-4-13-26-17-21/h2-7,9-10,13,15-17,25,27H,8,11-12,14H2,1H3. The molecule has 0 radical (unpaired) electrons. The van der Waals surface area contributed by atoms with E-state index in [1.165, 1.54) is 11.8 Å². The summed E-state index contributed by atoms with van der Waals surface area (Å²) in [5.74, 6) is 0.808. The van der Waals surface area contributed by atoms with Crippen molar-refractivity contribution in [2.75, 3.05) is 13.7 Å². The molecule has 1 unspecified atom stereocenters. The Hall–Kier alpha value is -3.16. The minimum atomic E-state index is -3.66. The van der Waals surface area contributed by atoms with E-state index in [1.807, 2.05) is 36.5 Å². The van der Waals surface area contributed by atoms with E-state index >= 15 is 0 Å². The molecule has 0 fully saturated rings. The number of nitrogens with one attached hydrogen (secondary N) is 1. The molecule has 0 saturated heterocycles. The van der Waals surface area contributed by atoms with E-state index < -0.39 is 10.0 Å². The van der Waals surface area contributed by atoms with Crippen LogP contribution in [0.15, 0.2) is 78.1 Å². The lowest BCUT2D eigenvalue weighted by atomic mass is 9.90. The Kier molecular flexibility index (Phi) is 5.45. The predicted octanol–water partition coefficient (Wildman–Crippen LogP) is 4.49. The molecule has 5 rings (SSSR count). The molecule has 2 aromatic carbocycles. The number of methoxy groups -OCH3 is 1. The highest BCUT2D eigenvalue weighted by Crippen LogP contribution is 2.37. The normalized spacial score (nSPS) is 16.7. The SMILES string of the molecule is COc1ccc2[nH]cc(CCC3c4ccccc4CCN3S(=O)(=O)c3cccnc3)c2c1. The van der Waals surface area contributed by atoms with Crippen molar-refractivity contribution in [3.8, 4) is 5.75 Å². The fourth-order valence-electron chi connectivity index (χ4n) is 4.63. The number of hydrogen-bond acceptors (Lipinski definition) is 4. The van der Waals surface area contributed by atoms with Gasteiger partial charge in [0, 0.05) is 36.0 Å². The van der Waals surface area contributed by atoms with Gasteiger partial charge in [0.1, 0.15) is 10.6 Å². The molecule has 3 heterocycles. The van der Waals surface area contributed by atoms with Crippen molar-refractivity contribution in [1.29, 1.82) is 0 Å². The van der Waals surface area contributed by atoms with Gasteiger partial charge < -0.3 is 9.72 Å². The van der Waals surface area contributed by atoms with E-state index in [-0.39, 0.29) is 10.9 Å². The van der Waals surface area contributed by atoms with Crippen LogP contribution in [-0.4, -0.2) is 36.3 Å². The number of fused-ring (bicyclic) bond motifs is 2. The number of aromatic nitrogens is 2. The summed E-state index contributed by atoms with van der Waals surface area (Å²) < 4.78 is 34.1. The van der Waals surface area contributed by atoms with Crippen molar-refractivity contribution in [1.82, 2.24) is 14.3 Å². The second-order valence-corrected chi connectivity index (χ2v) is 9.92. The Morgan fingerprint density at radius 2 is 2.03 bits per heavy atom. The molecule has 1 aliphatic heterocycles. The minimum absolute atomic E-state index is 0.235. The Bertz CT molecular complexity index is 1350. The summed E-state index contributed by atoms with van der Waals surface area (Å²) in [4.78, 5) is 7.59. The number of rotatable bonds is 6. The lowest BCUT2D eigenvalue weighted by Gasteiger charge is -2.36. The molecule has 7 heteroatoms. The topological polar surface area (TPSA) is 75.3 Å². The fourth-order valence-corrected chi connectivity index (χ4v) is 6.24. The minimum Gasteiger partial charge on any atom is -0.497 e. The van der Waals surface area contributed by atoms with Gasteiger partial charge in [-0.1, -0.05) is 24.3 Å². The maximum atomic E-state index is 13.5. The Balaban J connectivity index is 1.50. The molecular weight excluding hydrogens is 422 g/mol. The third kappa shape index (κ3) is 3.67. The number of pyridine rings is 1. The van der Waals surface area contributed by atoms with Gasteiger partial charge in [-0.05, 0) is 66.3 Å². The summed E-state index contributed by atoms with van der Waals surface area (Å²) in [6, 6.07) is 17.2. The highest BCUT2D eigenvalue weighted by Gasteiger charge is 2.36. The van der Waals surface area contributed by atoms with E-state index in [0.29, 0.717) is 19.4 Å². The van der Waals surface area contributed by atoms with E-state index in [0.717, 1.165) is 34.2 Å². The van der Waals surface area contributed by atoms with E-state index in [2.05, 4.69) is 22.1 Å². The average Bonchev–Trinajstić information content (AvgIpc) is 3.25. The molecule has 6 nitrogen and oxygen atoms in total. The zero-order valence-corrected chi connectivity index (χ0v) is 18.7. The first-order valence-corrected chi connectivity index (χ1v) is 12.2. The number of ether oxygens (including phenoxy) is 1. The largest absolute Gasteiger partial charge is 0.497 e. The number of nitrogens with zero attached hydrogens (tertiary/aromatic N) is 2. The summed E-state index contributed by atoms with van der Waals surface area (Å²) in [7, 11) is -1.99. The smallest absolute Gasteiger partial charge is 0.245 e. The van der Waals surface area contributed by atoms with Crippen LogP contribution in [0.25, 0.3) is 10.9 Å². The Morgan fingerprint density at radius 1 is 1.16 bits per heavy atom. The lowest BCUT2D eigenvalue weighted by Crippen LogP contribution is -2.40. The molecule has 0 spiro atoms. The zero-order valence-electron chi connectivity index (χ0n) is 17.9. The Morgan fingerprint density at radius 3 is 2.84 bits per heavy atom. The van der Waals surface area contributed by atoms with Crippen molar-refractivity contribution in [3.63, 3.8) is 0 Å². The van der Waals surface area contributed by atoms with Crippen LogP contribution in [0.1, 0.15) is 29.2 Å². The predicted molar refractivity (Wildman–Crippen MR) is 124 cm³/mol. The Labute approximate surface area is 187 Å². The first-order chi connectivity index (χ1) is 15.6. The molecule has 0 amide bonds. The van der Waals surface area contributed by atoms with Crippen LogP contribution in [0.3, 0.4) is 0 Å². The highest BCUT2D eigenvalue weighted by molar-refractivity contribution is 7.89. The molecule has 1 N–H and O–H groups in total. The van der Waals surface area contributed by atoms with E-state index in [4.69, 9.17) is 4.74 Å². The van der Waals surface area contributed by atoms with Crippen molar-refractivity contribution >= 4 is 20.9 Å². The van der Waals surface area contributed by atoms with E-state index in [1.54, 1.807) is 29.7 Å². The van der Waals surface area contributed by atoms with Crippen LogP contribution < -0.4 is 4.74 Å². The zero-order chi connectivity index (χ0) is 22.1. The van der Waals surface area contributed by atoms with Gasteiger partial charge in [0.2, 0.25) is 10.0 Å². The highest BCUT2D eigenvalue weighted by atomic mass is 32.2. The molecule has 1 aliphatic rings. The first kappa shape index (κ1) is 20.7. The van der Waals surface area contributed by atoms with Crippen molar-refractivity contribution in [3.05, 3.63) is 89.9 Å². The number of aryl methyl sites for hydroxylation is 1. The van der Waals surface area contributed by atoms with Gasteiger partial charge in [0.05, 0.1) is 13.2 Å². The van der Waals surface area contributed by atoms with Crippen molar-refractivity contribution in [2.24, 2.45) is 0 Å². The molecule has 0 aliphatic carbocycles. The monoisotopic (exact) mass is 447 g/mol. The maximum absolute atomic E-state index is 13.5. The number of aromatic amines is 1. The third-order valence-corrected chi connectivity index (χ3v) is 8.16. The second kappa shape index (κ2) is 8.41. The van der Waals surface area contributed by atoms with Crippen molar-refractivity contribution < 1.29 is 13.2 Å². The number of H-pyrrole nitrogens is 1.